The van der Waals surface area contributed by atoms with Crippen LogP contribution in [-0.4, -0.2) is 51.5 Å². The second-order valence-corrected chi connectivity index (χ2v) is 14.8. The van der Waals surface area contributed by atoms with Crippen molar-refractivity contribution in [1.82, 2.24) is 16.0 Å². The number of allylic oxidation sites excluding steroid dienone is 1. The molecule has 6 nitrogen and oxygen atoms in total. The van der Waals surface area contributed by atoms with Gasteiger partial charge in [-0.15, -0.1) is 0 Å². The normalized spacial score (nSPS) is 35.9. The lowest BCUT2D eigenvalue weighted by molar-refractivity contribution is -0.0581. The lowest BCUT2D eigenvalue weighted by Gasteiger charge is -2.58. The number of fused-ring (bicyclic) bond motifs is 5. The van der Waals surface area contributed by atoms with Crippen LogP contribution in [0.5, 0.6) is 0 Å². The topological polar surface area (TPSA) is 88.4 Å². The van der Waals surface area contributed by atoms with Crippen LogP contribution in [0.15, 0.2) is 11.6 Å². The third-order valence-corrected chi connectivity index (χ3v) is 11.9. The van der Waals surface area contributed by atoms with Crippen molar-refractivity contribution in [3.05, 3.63) is 11.6 Å². The Morgan fingerprint density at radius 1 is 0.975 bits per heavy atom. The van der Waals surface area contributed by atoms with E-state index in [1.165, 1.54) is 51.4 Å². The smallest absolute Gasteiger partial charge is 0.407 e. The minimum Gasteiger partial charge on any atom is -0.446 e. The molecule has 0 aromatic carbocycles. The average molecular weight is 559 g/mol. The van der Waals surface area contributed by atoms with Crippen LogP contribution in [0, 0.1) is 46.3 Å². The van der Waals surface area contributed by atoms with Gasteiger partial charge in [0.15, 0.2) is 0 Å². The predicted molar refractivity (Wildman–Crippen MR) is 166 cm³/mol. The minimum absolute atomic E-state index is 0.0145. The fourth-order valence-corrected chi connectivity index (χ4v) is 9.73. The molecule has 0 aromatic heterocycles. The fourth-order valence-electron chi connectivity index (χ4n) is 9.73. The van der Waals surface area contributed by atoms with E-state index >= 15 is 0 Å². The van der Waals surface area contributed by atoms with Crippen LogP contribution < -0.4 is 21.7 Å². The van der Waals surface area contributed by atoms with Crippen molar-refractivity contribution >= 4 is 6.09 Å². The highest BCUT2D eigenvalue weighted by atomic mass is 16.6. The highest BCUT2D eigenvalue weighted by molar-refractivity contribution is 5.67. The molecule has 40 heavy (non-hydrogen) atoms. The summed E-state index contributed by atoms with van der Waals surface area (Å²) < 4.78 is 5.91. The van der Waals surface area contributed by atoms with E-state index in [0.29, 0.717) is 23.9 Å². The first-order chi connectivity index (χ1) is 19.2. The summed E-state index contributed by atoms with van der Waals surface area (Å²) in [5.74, 6) is 5.15. The zero-order valence-electron chi connectivity index (χ0n) is 26.5. The summed E-state index contributed by atoms with van der Waals surface area (Å²) in [6.07, 6.45) is 16.6. The third-order valence-electron chi connectivity index (χ3n) is 11.9. The minimum atomic E-state index is -0.265. The number of carbonyl (C=O) groups excluding carboxylic acids is 1. The van der Waals surface area contributed by atoms with Gasteiger partial charge in [-0.1, -0.05) is 65.5 Å². The van der Waals surface area contributed by atoms with E-state index in [1.54, 1.807) is 5.57 Å². The second-order valence-electron chi connectivity index (χ2n) is 14.8. The third kappa shape index (κ3) is 7.26. The molecule has 0 unspecified atom stereocenters. The zero-order chi connectivity index (χ0) is 28.8. The molecule has 1 amide bonds. The van der Waals surface area contributed by atoms with Gasteiger partial charge >= 0.3 is 6.09 Å². The molecule has 0 aromatic rings. The molecule has 3 fully saturated rings. The molecule has 0 saturated heterocycles. The van der Waals surface area contributed by atoms with E-state index < -0.39 is 0 Å². The van der Waals surface area contributed by atoms with Crippen molar-refractivity contribution in [2.24, 2.45) is 52.1 Å². The van der Waals surface area contributed by atoms with Gasteiger partial charge < -0.3 is 26.4 Å². The Balaban J connectivity index is 1.26. The SMILES string of the molecule is CC(C)CCC[C@@H](C)[C@H]1CC[C@H]2[C@@H]3CC=C4C[C@@H](OC(=O)NCCNCCNCCN)CC[C@]4(C)[C@H]3CC[C@]12C. The van der Waals surface area contributed by atoms with E-state index in [2.05, 4.69) is 56.6 Å². The molecule has 5 N–H and O–H groups in total. The molecule has 0 spiro atoms. The van der Waals surface area contributed by atoms with Gasteiger partial charge in [0, 0.05) is 45.7 Å². The number of nitrogens with one attached hydrogen (secondary N) is 3. The highest BCUT2D eigenvalue weighted by Gasteiger charge is 2.59. The number of hydrogen-bond donors (Lipinski definition) is 4. The van der Waals surface area contributed by atoms with Gasteiger partial charge in [-0.3, -0.25) is 0 Å². The van der Waals surface area contributed by atoms with E-state index in [4.69, 9.17) is 10.5 Å². The Labute approximate surface area is 245 Å². The van der Waals surface area contributed by atoms with Gasteiger partial charge in [-0.25, -0.2) is 4.79 Å². The van der Waals surface area contributed by atoms with Crippen LogP contribution in [0.3, 0.4) is 0 Å². The lowest BCUT2D eigenvalue weighted by Crippen LogP contribution is -2.51. The Hall–Kier alpha value is -1.11. The number of hydrogen-bond acceptors (Lipinski definition) is 5. The van der Waals surface area contributed by atoms with Crippen molar-refractivity contribution in [2.45, 2.75) is 111 Å². The first kappa shape index (κ1) is 31.8. The molecule has 4 aliphatic rings. The van der Waals surface area contributed by atoms with Gasteiger partial charge in [-0.05, 0) is 91.3 Å². The predicted octanol–water partition coefficient (Wildman–Crippen LogP) is 6.26. The zero-order valence-corrected chi connectivity index (χ0v) is 26.5. The molecule has 0 heterocycles. The number of amides is 1. The Morgan fingerprint density at radius 3 is 2.48 bits per heavy atom. The molecule has 4 aliphatic carbocycles. The molecular formula is C34H62N4O2. The van der Waals surface area contributed by atoms with E-state index in [1.807, 2.05) is 0 Å². The quantitative estimate of drug-likeness (QED) is 0.149. The summed E-state index contributed by atoms with van der Waals surface area (Å²) in [7, 11) is 0. The highest BCUT2D eigenvalue weighted by Crippen LogP contribution is 2.67. The number of nitrogens with two attached hydrogens (primary N) is 1. The maximum Gasteiger partial charge on any atom is 0.407 e. The Morgan fingerprint density at radius 2 is 1.73 bits per heavy atom. The summed E-state index contributed by atoms with van der Waals surface area (Å²) >= 11 is 0. The lowest BCUT2D eigenvalue weighted by atomic mass is 9.47. The van der Waals surface area contributed by atoms with Crippen LogP contribution >= 0.6 is 0 Å². The number of alkyl carbamates (subject to hydrolysis) is 1. The number of ether oxygens (including phenoxy) is 1. The van der Waals surface area contributed by atoms with Crippen LogP contribution in [-0.2, 0) is 4.74 Å². The molecule has 230 valence electrons. The van der Waals surface area contributed by atoms with E-state index in [0.717, 1.165) is 80.9 Å². The average Bonchev–Trinajstić information content (AvgIpc) is 3.27. The van der Waals surface area contributed by atoms with Crippen molar-refractivity contribution in [1.29, 1.82) is 0 Å². The molecule has 3 saturated carbocycles. The second kappa shape index (κ2) is 14.4. The van der Waals surface area contributed by atoms with E-state index in [-0.39, 0.29) is 12.2 Å². The van der Waals surface area contributed by atoms with Crippen LogP contribution in [0.25, 0.3) is 0 Å². The van der Waals surface area contributed by atoms with Gasteiger partial charge in [0.05, 0.1) is 0 Å². The van der Waals surface area contributed by atoms with Crippen molar-refractivity contribution in [3.63, 3.8) is 0 Å². The van der Waals surface area contributed by atoms with Crippen molar-refractivity contribution in [3.8, 4) is 0 Å². The maximum absolute atomic E-state index is 12.5. The summed E-state index contributed by atoms with van der Waals surface area (Å²) in [4.78, 5) is 12.5. The van der Waals surface area contributed by atoms with Gasteiger partial charge in [0.2, 0.25) is 0 Å². The molecule has 4 rings (SSSR count). The molecule has 0 bridgehead atoms. The monoisotopic (exact) mass is 558 g/mol. The summed E-state index contributed by atoms with van der Waals surface area (Å²) in [5.41, 5.74) is 7.90. The summed E-state index contributed by atoms with van der Waals surface area (Å²) in [5, 5.41) is 9.52. The van der Waals surface area contributed by atoms with E-state index in [9.17, 15) is 4.79 Å². The largest absolute Gasteiger partial charge is 0.446 e. The molecule has 6 heteroatoms. The summed E-state index contributed by atoms with van der Waals surface area (Å²) in [6.45, 7) is 17.1. The first-order valence-electron chi connectivity index (χ1n) is 16.9. The molecule has 8 atom stereocenters. The Kier molecular flexibility index (Phi) is 11.4. The maximum atomic E-state index is 12.5. The van der Waals surface area contributed by atoms with Crippen LogP contribution in [0.4, 0.5) is 4.79 Å². The van der Waals surface area contributed by atoms with Crippen molar-refractivity contribution < 1.29 is 9.53 Å². The molecular weight excluding hydrogens is 496 g/mol. The van der Waals surface area contributed by atoms with Crippen LogP contribution in [0.2, 0.25) is 0 Å². The first-order valence-corrected chi connectivity index (χ1v) is 16.9. The van der Waals surface area contributed by atoms with Gasteiger partial charge in [-0.2, -0.15) is 0 Å². The molecule has 0 aliphatic heterocycles. The van der Waals surface area contributed by atoms with Crippen molar-refractivity contribution in [2.75, 3.05) is 39.3 Å². The number of rotatable bonds is 14. The molecule has 0 radical (unpaired) electrons. The standard InChI is InChI=1S/C34H62N4O2/c1-24(2)7-6-8-25(3)29-11-12-30-28-10-9-26-23-27(13-15-33(26,4)31(28)14-16-34(29,30)5)40-32(39)38-22-21-37-20-19-36-18-17-35/h9,24-25,27-31,36-37H,6-8,10-23,35H2,1-5H3,(H,38,39)/t25-,27+,28+,29-,30+,31+,33+,34-/m1/s1. The van der Waals surface area contributed by atoms with Crippen LogP contribution in [0.1, 0.15) is 105 Å². The number of carbonyl (C=O) groups is 1. The van der Waals surface area contributed by atoms with Gasteiger partial charge in [0.25, 0.3) is 0 Å². The summed E-state index contributed by atoms with van der Waals surface area (Å²) in [6, 6.07) is 0. The fraction of sp³-hybridized carbons (Fsp3) is 0.912. The van der Waals surface area contributed by atoms with Gasteiger partial charge in [0.1, 0.15) is 6.10 Å². The Bertz CT molecular complexity index is 846.